The Morgan fingerprint density at radius 3 is 2.14 bits per heavy atom. The summed E-state index contributed by atoms with van der Waals surface area (Å²) in [5.41, 5.74) is -2.87. The zero-order valence-corrected chi connectivity index (χ0v) is 8.27. The first-order valence-electron chi connectivity index (χ1n) is 4.23. The first-order chi connectivity index (χ1) is 6.15. The maximum atomic E-state index is 12.4. The number of carboxylic acid groups (broad SMARTS) is 1. The normalized spacial score (nSPS) is 18.7. The van der Waals surface area contributed by atoms with Crippen molar-refractivity contribution in [3.63, 3.8) is 0 Å². The van der Waals surface area contributed by atoms with E-state index in [9.17, 15) is 18.0 Å². The summed E-state index contributed by atoms with van der Waals surface area (Å²) in [5, 5.41) is 10.6. The smallest absolute Gasteiger partial charge is 0.417 e. The van der Waals surface area contributed by atoms with Gasteiger partial charge < -0.3 is 5.11 Å². The lowest BCUT2D eigenvalue weighted by atomic mass is 10.0. The highest BCUT2D eigenvalue weighted by Gasteiger charge is 2.57. The first kappa shape index (κ1) is 13.2. The van der Waals surface area contributed by atoms with Gasteiger partial charge in [0.1, 0.15) is 0 Å². The van der Waals surface area contributed by atoms with Gasteiger partial charge in [0.25, 0.3) is 0 Å². The maximum Gasteiger partial charge on any atom is 0.417 e. The van der Waals surface area contributed by atoms with Crippen molar-refractivity contribution >= 4 is 5.97 Å². The Bertz CT molecular complexity index is 217. The second-order valence-electron chi connectivity index (χ2n) is 3.38. The van der Waals surface area contributed by atoms with Gasteiger partial charge >= 0.3 is 12.1 Å². The third-order valence-electron chi connectivity index (χ3n) is 2.14. The molecule has 0 aromatic heterocycles. The van der Waals surface area contributed by atoms with Crippen molar-refractivity contribution in [2.75, 3.05) is 0 Å². The molecule has 0 saturated heterocycles. The molecule has 0 heterocycles. The first-order valence-corrected chi connectivity index (χ1v) is 4.23. The van der Waals surface area contributed by atoms with Crippen molar-refractivity contribution in [3.05, 3.63) is 0 Å². The van der Waals surface area contributed by atoms with Crippen LogP contribution in [0, 0.1) is 0 Å². The van der Waals surface area contributed by atoms with Crippen LogP contribution in [0.25, 0.3) is 0 Å². The number of nitrogens with one attached hydrogen (secondary N) is 1. The fourth-order valence-corrected chi connectivity index (χ4v) is 0.860. The van der Waals surface area contributed by atoms with E-state index < -0.39 is 23.7 Å². The van der Waals surface area contributed by atoms with Crippen LogP contribution in [0.3, 0.4) is 0 Å². The van der Waals surface area contributed by atoms with Gasteiger partial charge in [-0.1, -0.05) is 6.92 Å². The molecule has 0 aliphatic rings. The van der Waals surface area contributed by atoms with Crippen LogP contribution in [-0.2, 0) is 4.79 Å². The van der Waals surface area contributed by atoms with Crippen molar-refractivity contribution in [2.45, 2.75) is 44.9 Å². The lowest BCUT2D eigenvalue weighted by molar-refractivity contribution is -0.207. The number of carboxylic acids is 1. The van der Waals surface area contributed by atoms with Crippen LogP contribution in [0.2, 0.25) is 0 Å². The van der Waals surface area contributed by atoms with Gasteiger partial charge in [-0.3, -0.25) is 5.32 Å². The Morgan fingerprint density at radius 1 is 1.50 bits per heavy atom. The van der Waals surface area contributed by atoms with E-state index in [2.05, 4.69) is 5.32 Å². The molecule has 0 saturated carbocycles. The molecule has 0 aliphatic carbocycles. The number of aliphatic carboxylic acids is 1. The second kappa shape index (κ2) is 4.16. The van der Waals surface area contributed by atoms with E-state index in [1.54, 1.807) is 6.92 Å². The van der Waals surface area contributed by atoms with E-state index in [0.717, 1.165) is 0 Å². The van der Waals surface area contributed by atoms with Crippen LogP contribution in [0.5, 0.6) is 0 Å². The topological polar surface area (TPSA) is 49.3 Å². The second-order valence-corrected chi connectivity index (χ2v) is 3.38. The Labute approximate surface area is 80.3 Å². The highest BCUT2D eigenvalue weighted by atomic mass is 19.4. The molecule has 0 bridgehead atoms. The molecule has 3 nitrogen and oxygen atoms in total. The number of hydrogen-bond acceptors (Lipinski definition) is 2. The summed E-state index contributed by atoms with van der Waals surface area (Å²) in [6.45, 7) is 3.81. The standard InChI is InChI=1S/C8H14F3NO2/c1-4-5(2)12-7(3,6(13)14)8(9,10)11/h5,12H,4H2,1-3H3,(H,13,14). The molecule has 2 unspecified atom stereocenters. The monoisotopic (exact) mass is 213 g/mol. The van der Waals surface area contributed by atoms with Gasteiger partial charge in [0.15, 0.2) is 0 Å². The highest BCUT2D eigenvalue weighted by Crippen LogP contribution is 2.30. The number of hydrogen-bond donors (Lipinski definition) is 2. The third kappa shape index (κ3) is 2.60. The number of rotatable bonds is 4. The average molecular weight is 213 g/mol. The Hall–Kier alpha value is -0.780. The van der Waals surface area contributed by atoms with E-state index in [1.165, 1.54) is 6.92 Å². The van der Waals surface area contributed by atoms with Gasteiger partial charge in [-0.25, -0.2) is 4.79 Å². The molecular formula is C8H14F3NO2. The van der Waals surface area contributed by atoms with Crippen LogP contribution in [0.4, 0.5) is 13.2 Å². The zero-order valence-electron chi connectivity index (χ0n) is 8.27. The molecule has 0 radical (unpaired) electrons. The lowest BCUT2D eigenvalue weighted by Gasteiger charge is -2.31. The molecule has 0 fully saturated rings. The van der Waals surface area contributed by atoms with Gasteiger partial charge in [-0.2, -0.15) is 13.2 Å². The van der Waals surface area contributed by atoms with Gasteiger partial charge in [0.2, 0.25) is 5.54 Å². The fraction of sp³-hybridized carbons (Fsp3) is 0.875. The molecule has 0 spiro atoms. The Morgan fingerprint density at radius 2 is 1.93 bits per heavy atom. The van der Waals surface area contributed by atoms with Gasteiger partial charge in [0.05, 0.1) is 0 Å². The minimum atomic E-state index is -4.80. The minimum Gasteiger partial charge on any atom is -0.480 e. The van der Waals surface area contributed by atoms with Crippen molar-refractivity contribution in [1.29, 1.82) is 0 Å². The molecule has 0 rings (SSSR count). The fourth-order valence-electron chi connectivity index (χ4n) is 0.860. The molecule has 0 aromatic carbocycles. The summed E-state index contributed by atoms with van der Waals surface area (Å²) >= 11 is 0. The third-order valence-corrected chi connectivity index (χ3v) is 2.14. The molecule has 0 amide bonds. The van der Waals surface area contributed by atoms with E-state index >= 15 is 0 Å². The van der Waals surface area contributed by atoms with Crippen LogP contribution >= 0.6 is 0 Å². The van der Waals surface area contributed by atoms with Gasteiger partial charge in [-0.15, -0.1) is 0 Å². The minimum absolute atomic E-state index is 0.430. The lowest BCUT2D eigenvalue weighted by Crippen LogP contribution is -2.62. The average Bonchev–Trinajstić information content (AvgIpc) is 2.01. The molecule has 0 aliphatic heterocycles. The Kier molecular flexibility index (Phi) is 3.93. The number of halogens is 3. The summed E-state index contributed by atoms with van der Waals surface area (Å²) < 4.78 is 37.2. The van der Waals surface area contributed by atoms with E-state index in [0.29, 0.717) is 13.3 Å². The van der Waals surface area contributed by atoms with Gasteiger partial charge in [0, 0.05) is 6.04 Å². The molecule has 14 heavy (non-hydrogen) atoms. The quantitative estimate of drug-likeness (QED) is 0.748. The highest BCUT2D eigenvalue weighted by molar-refractivity contribution is 5.79. The number of carbonyl (C=O) groups is 1. The van der Waals surface area contributed by atoms with Crippen molar-refractivity contribution < 1.29 is 23.1 Å². The summed E-state index contributed by atoms with van der Waals surface area (Å²) in [6, 6.07) is -0.502. The van der Waals surface area contributed by atoms with Crippen molar-refractivity contribution in [3.8, 4) is 0 Å². The summed E-state index contributed by atoms with van der Waals surface area (Å²) in [7, 11) is 0. The van der Waals surface area contributed by atoms with Crippen LogP contribution in [0.1, 0.15) is 27.2 Å². The van der Waals surface area contributed by atoms with E-state index in [1.807, 2.05) is 0 Å². The molecule has 84 valence electrons. The number of alkyl halides is 3. The molecule has 6 heteroatoms. The summed E-state index contributed by atoms with van der Waals surface area (Å²) in [4.78, 5) is 10.5. The Balaban J connectivity index is 4.84. The molecule has 2 atom stereocenters. The zero-order chi connectivity index (χ0) is 11.6. The maximum absolute atomic E-state index is 12.4. The summed E-state index contributed by atoms with van der Waals surface area (Å²) in [6.07, 6.45) is -4.37. The largest absolute Gasteiger partial charge is 0.480 e. The van der Waals surface area contributed by atoms with Crippen LogP contribution in [0.15, 0.2) is 0 Å². The summed E-state index contributed by atoms with van der Waals surface area (Å²) in [5.74, 6) is -1.91. The molecular weight excluding hydrogens is 199 g/mol. The van der Waals surface area contributed by atoms with Crippen molar-refractivity contribution in [1.82, 2.24) is 5.32 Å². The molecule has 2 N–H and O–H groups in total. The predicted octanol–water partition coefficient (Wildman–Crippen LogP) is 1.78. The van der Waals surface area contributed by atoms with Gasteiger partial charge in [-0.05, 0) is 20.3 Å². The van der Waals surface area contributed by atoms with E-state index in [4.69, 9.17) is 5.11 Å². The predicted molar refractivity (Wildman–Crippen MR) is 45.0 cm³/mol. The van der Waals surface area contributed by atoms with Crippen molar-refractivity contribution in [2.24, 2.45) is 0 Å². The van der Waals surface area contributed by atoms with Crippen LogP contribution < -0.4 is 5.32 Å². The van der Waals surface area contributed by atoms with Crippen LogP contribution in [-0.4, -0.2) is 28.8 Å². The SMILES string of the molecule is CCC(C)NC(C)(C(=O)O)C(F)(F)F. The van der Waals surface area contributed by atoms with E-state index in [-0.39, 0.29) is 0 Å². The molecule has 0 aromatic rings.